The maximum Gasteiger partial charge on any atom is 0.511 e. The zero-order chi connectivity index (χ0) is 13.1. The van der Waals surface area contributed by atoms with Gasteiger partial charge < -0.3 is 19.5 Å². The van der Waals surface area contributed by atoms with Gasteiger partial charge in [0.25, 0.3) is 0 Å². The molecule has 0 saturated carbocycles. The summed E-state index contributed by atoms with van der Waals surface area (Å²) in [5.41, 5.74) is 0. The van der Waals surface area contributed by atoms with E-state index in [9.17, 15) is 4.79 Å². The van der Waals surface area contributed by atoms with Gasteiger partial charge in [0, 0.05) is 13.1 Å². The first-order valence-electron chi connectivity index (χ1n) is 5.68. The molecular weight excluding hydrogens is 238 g/mol. The van der Waals surface area contributed by atoms with Crippen LogP contribution in [0.4, 0.5) is 10.7 Å². The first kappa shape index (κ1) is 12.6. The third-order valence-corrected chi connectivity index (χ3v) is 2.52. The molecule has 1 N–H and O–H groups in total. The summed E-state index contributed by atoms with van der Waals surface area (Å²) < 4.78 is 10.1. The highest BCUT2D eigenvalue weighted by Crippen LogP contribution is 2.17. The monoisotopic (exact) mass is 253 g/mol. The molecule has 0 aliphatic carbocycles. The second-order valence-electron chi connectivity index (χ2n) is 4.25. The summed E-state index contributed by atoms with van der Waals surface area (Å²) in [6.45, 7) is 5.40. The zero-order valence-electron chi connectivity index (χ0n) is 10.2. The first-order valence-corrected chi connectivity index (χ1v) is 5.68. The Morgan fingerprint density at radius 1 is 1.39 bits per heavy atom. The molecule has 18 heavy (non-hydrogen) atoms. The Balaban J connectivity index is 2.06. The van der Waals surface area contributed by atoms with Gasteiger partial charge >= 0.3 is 6.16 Å². The van der Waals surface area contributed by atoms with Crippen molar-refractivity contribution < 1.29 is 19.4 Å². The molecule has 2 atom stereocenters. The molecule has 0 aromatic carbocycles. The van der Waals surface area contributed by atoms with Crippen molar-refractivity contribution in [1.29, 1.82) is 0 Å². The maximum atomic E-state index is 10.3. The summed E-state index contributed by atoms with van der Waals surface area (Å²) in [5, 5.41) is 8.45. The van der Waals surface area contributed by atoms with E-state index < -0.39 is 6.16 Å². The second-order valence-corrected chi connectivity index (χ2v) is 4.25. The van der Waals surface area contributed by atoms with Crippen LogP contribution in [-0.4, -0.2) is 46.5 Å². The molecule has 0 amide bonds. The minimum Gasteiger partial charge on any atom is -0.449 e. The van der Waals surface area contributed by atoms with Crippen molar-refractivity contribution in [2.45, 2.75) is 26.1 Å². The quantitative estimate of drug-likeness (QED) is 0.791. The van der Waals surface area contributed by atoms with Crippen LogP contribution in [0, 0.1) is 0 Å². The lowest BCUT2D eigenvalue weighted by molar-refractivity contribution is -0.00572. The Kier molecular flexibility index (Phi) is 3.61. The van der Waals surface area contributed by atoms with Crippen LogP contribution in [0.25, 0.3) is 0 Å². The van der Waals surface area contributed by atoms with Gasteiger partial charge in [0.15, 0.2) is 5.75 Å². The fourth-order valence-electron chi connectivity index (χ4n) is 1.97. The Labute approximate surface area is 104 Å². The van der Waals surface area contributed by atoms with E-state index in [0.29, 0.717) is 19.0 Å². The highest BCUT2D eigenvalue weighted by Gasteiger charge is 2.23. The molecule has 2 rings (SSSR count). The Bertz CT molecular complexity index is 413. The predicted octanol–water partition coefficient (Wildman–Crippen LogP) is 1.15. The lowest BCUT2D eigenvalue weighted by Gasteiger charge is -2.35. The second kappa shape index (κ2) is 5.18. The van der Waals surface area contributed by atoms with Gasteiger partial charge in [-0.05, 0) is 13.8 Å². The van der Waals surface area contributed by atoms with E-state index in [-0.39, 0.29) is 18.0 Å². The molecule has 1 aliphatic heterocycles. The molecule has 2 unspecified atom stereocenters. The fraction of sp³-hybridized carbons (Fsp3) is 0.545. The molecule has 1 saturated heterocycles. The van der Waals surface area contributed by atoms with E-state index in [1.807, 2.05) is 18.7 Å². The number of carboxylic acid groups (broad SMARTS) is 1. The van der Waals surface area contributed by atoms with Gasteiger partial charge in [-0.3, -0.25) is 0 Å². The fourth-order valence-corrected chi connectivity index (χ4v) is 1.97. The highest BCUT2D eigenvalue weighted by molar-refractivity contribution is 5.60. The summed E-state index contributed by atoms with van der Waals surface area (Å²) in [7, 11) is 0. The summed E-state index contributed by atoms with van der Waals surface area (Å²) in [4.78, 5) is 20.5. The SMILES string of the molecule is CC1CN(c2ncc(OC(=O)O)cn2)CC(C)O1. The lowest BCUT2D eigenvalue weighted by Crippen LogP contribution is -2.46. The molecule has 1 aliphatic rings. The third-order valence-electron chi connectivity index (χ3n) is 2.52. The van der Waals surface area contributed by atoms with E-state index >= 15 is 0 Å². The number of aromatic nitrogens is 2. The number of nitrogens with zero attached hydrogens (tertiary/aromatic N) is 3. The third kappa shape index (κ3) is 3.07. The van der Waals surface area contributed by atoms with Crippen molar-refractivity contribution in [3.8, 4) is 5.75 Å². The van der Waals surface area contributed by atoms with Gasteiger partial charge in [-0.25, -0.2) is 14.8 Å². The van der Waals surface area contributed by atoms with Gasteiger partial charge in [0.1, 0.15) is 0 Å². The van der Waals surface area contributed by atoms with Crippen LogP contribution in [0.5, 0.6) is 5.75 Å². The molecule has 0 bridgehead atoms. The predicted molar refractivity (Wildman–Crippen MR) is 62.9 cm³/mol. The summed E-state index contributed by atoms with van der Waals surface area (Å²) in [6, 6.07) is 0. The molecule has 7 nitrogen and oxygen atoms in total. The van der Waals surface area contributed by atoms with Crippen molar-refractivity contribution in [3.63, 3.8) is 0 Å². The minimum absolute atomic E-state index is 0.112. The molecule has 1 fully saturated rings. The number of hydrogen-bond acceptors (Lipinski definition) is 6. The zero-order valence-corrected chi connectivity index (χ0v) is 10.2. The number of rotatable bonds is 2. The van der Waals surface area contributed by atoms with Crippen molar-refractivity contribution in [1.82, 2.24) is 9.97 Å². The van der Waals surface area contributed by atoms with Crippen LogP contribution >= 0.6 is 0 Å². The van der Waals surface area contributed by atoms with Crippen LogP contribution in [0.1, 0.15) is 13.8 Å². The normalized spacial score (nSPS) is 23.8. The van der Waals surface area contributed by atoms with E-state index in [4.69, 9.17) is 9.84 Å². The highest BCUT2D eigenvalue weighted by atomic mass is 16.7. The number of morpholine rings is 1. The van der Waals surface area contributed by atoms with Crippen molar-refractivity contribution in [2.75, 3.05) is 18.0 Å². The topological polar surface area (TPSA) is 84.8 Å². The van der Waals surface area contributed by atoms with Gasteiger partial charge in [0.2, 0.25) is 5.95 Å². The molecule has 0 spiro atoms. The van der Waals surface area contributed by atoms with E-state index in [0.717, 1.165) is 0 Å². The lowest BCUT2D eigenvalue weighted by atomic mass is 10.2. The summed E-state index contributed by atoms with van der Waals surface area (Å²) >= 11 is 0. The average Bonchev–Trinajstić information content (AvgIpc) is 2.27. The molecule has 98 valence electrons. The number of anilines is 1. The van der Waals surface area contributed by atoms with Gasteiger partial charge in [-0.15, -0.1) is 0 Å². The number of carbonyl (C=O) groups is 1. The first-order chi connectivity index (χ1) is 8.54. The molecule has 0 radical (unpaired) electrons. The molecule has 1 aromatic rings. The van der Waals surface area contributed by atoms with Gasteiger partial charge in [-0.1, -0.05) is 0 Å². The van der Waals surface area contributed by atoms with E-state index in [2.05, 4.69) is 14.7 Å². The average molecular weight is 253 g/mol. The van der Waals surface area contributed by atoms with Crippen molar-refractivity contribution in [3.05, 3.63) is 12.4 Å². The van der Waals surface area contributed by atoms with Crippen LogP contribution in [0.15, 0.2) is 12.4 Å². The largest absolute Gasteiger partial charge is 0.511 e. The smallest absolute Gasteiger partial charge is 0.449 e. The maximum absolute atomic E-state index is 10.3. The summed E-state index contributed by atoms with van der Waals surface area (Å²) in [5.74, 6) is 0.662. The van der Waals surface area contributed by atoms with Crippen LogP contribution in [-0.2, 0) is 4.74 Å². The van der Waals surface area contributed by atoms with E-state index in [1.165, 1.54) is 12.4 Å². The summed E-state index contributed by atoms with van der Waals surface area (Å²) in [6.07, 6.45) is 1.56. The van der Waals surface area contributed by atoms with Crippen LogP contribution in [0.2, 0.25) is 0 Å². The standard InChI is InChI=1S/C11H15N3O4/c1-7-5-14(6-8(2)17-7)10-12-3-9(4-13-10)18-11(15)16/h3-4,7-8H,5-6H2,1-2H3,(H,15,16). The Morgan fingerprint density at radius 2 is 1.94 bits per heavy atom. The van der Waals surface area contributed by atoms with Crippen LogP contribution in [0.3, 0.4) is 0 Å². The number of hydrogen-bond donors (Lipinski definition) is 1. The molecular formula is C11H15N3O4. The molecule has 1 aromatic heterocycles. The molecule has 7 heteroatoms. The van der Waals surface area contributed by atoms with Gasteiger partial charge in [-0.2, -0.15) is 0 Å². The number of ether oxygens (including phenoxy) is 2. The Hall–Kier alpha value is -1.89. The van der Waals surface area contributed by atoms with Crippen molar-refractivity contribution >= 4 is 12.1 Å². The Morgan fingerprint density at radius 3 is 2.44 bits per heavy atom. The van der Waals surface area contributed by atoms with Crippen molar-refractivity contribution in [2.24, 2.45) is 0 Å². The van der Waals surface area contributed by atoms with Gasteiger partial charge in [0.05, 0.1) is 24.6 Å². The van der Waals surface area contributed by atoms with E-state index in [1.54, 1.807) is 0 Å². The molecule has 2 heterocycles. The van der Waals surface area contributed by atoms with Crippen LogP contribution < -0.4 is 9.64 Å². The minimum atomic E-state index is -1.38.